The van der Waals surface area contributed by atoms with Gasteiger partial charge in [0.1, 0.15) is 11.6 Å². The number of thioether (sulfide) groups is 1. The highest BCUT2D eigenvalue weighted by Gasteiger charge is 2.31. The fourth-order valence-corrected chi connectivity index (χ4v) is 5.53. The van der Waals surface area contributed by atoms with Gasteiger partial charge in [0.25, 0.3) is 0 Å². The van der Waals surface area contributed by atoms with E-state index in [9.17, 15) is 12.8 Å². The van der Waals surface area contributed by atoms with Crippen molar-refractivity contribution in [2.24, 2.45) is 0 Å². The minimum atomic E-state index is -3.60. The molecule has 2 aromatic rings. The van der Waals surface area contributed by atoms with Crippen LogP contribution < -0.4 is 4.74 Å². The molecule has 7 heteroatoms. The zero-order valence-corrected chi connectivity index (χ0v) is 14.8. The van der Waals surface area contributed by atoms with Crippen LogP contribution in [0.15, 0.2) is 53.4 Å². The number of sulfonamides is 1. The van der Waals surface area contributed by atoms with Crippen molar-refractivity contribution in [2.75, 3.05) is 26.0 Å². The van der Waals surface area contributed by atoms with Gasteiger partial charge in [-0.25, -0.2) is 12.8 Å². The zero-order chi connectivity index (χ0) is 17.2. The van der Waals surface area contributed by atoms with E-state index in [0.717, 1.165) is 17.1 Å². The maximum absolute atomic E-state index is 13.0. The second-order valence-corrected chi connectivity index (χ2v) is 8.70. The lowest BCUT2D eigenvalue weighted by Crippen LogP contribution is -2.39. The molecule has 0 spiro atoms. The van der Waals surface area contributed by atoms with E-state index in [2.05, 4.69) is 0 Å². The van der Waals surface area contributed by atoms with Gasteiger partial charge in [-0.05, 0) is 42.0 Å². The Balaban J connectivity index is 1.80. The molecule has 0 aliphatic carbocycles. The normalized spacial score (nSPS) is 19.2. The monoisotopic (exact) mass is 367 g/mol. The quantitative estimate of drug-likeness (QED) is 0.832. The van der Waals surface area contributed by atoms with Gasteiger partial charge in [-0.2, -0.15) is 16.1 Å². The number of ether oxygens (including phenoxy) is 1. The van der Waals surface area contributed by atoms with E-state index >= 15 is 0 Å². The van der Waals surface area contributed by atoms with E-state index in [1.54, 1.807) is 18.9 Å². The van der Waals surface area contributed by atoms with Crippen molar-refractivity contribution >= 4 is 21.8 Å². The smallest absolute Gasteiger partial charge is 0.243 e. The lowest BCUT2D eigenvalue weighted by molar-refractivity contribution is 0.413. The molecule has 3 rings (SSSR count). The summed E-state index contributed by atoms with van der Waals surface area (Å²) in [7, 11) is -1.99. The van der Waals surface area contributed by atoms with Gasteiger partial charge in [0.15, 0.2) is 0 Å². The molecule has 1 atom stereocenters. The Hall–Kier alpha value is -1.57. The summed E-state index contributed by atoms with van der Waals surface area (Å²) in [4.78, 5) is 0.129. The molecule has 1 heterocycles. The van der Waals surface area contributed by atoms with Gasteiger partial charge in [-0.15, -0.1) is 0 Å². The maximum Gasteiger partial charge on any atom is 0.243 e. The van der Waals surface area contributed by atoms with E-state index in [4.69, 9.17) is 4.74 Å². The number of hydrogen-bond acceptors (Lipinski definition) is 4. The number of hydrogen-bond donors (Lipinski definition) is 0. The Bertz CT molecular complexity index is 792. The Morgan fingerprint density at radius 2 is 1.79 bits per heavy atom. The molecule has 1 aliphatic rings. The van der Waals surface area contributed by atoms with Crippen molar-refractivity contribution in [3.63, 3.8) is 0 Å². The first kappa shape index (κ1) is 17.3. The lowest BCUT2D eigenvalue weighted by Gasteiger charge is -2.31. The van der Waals surface area contributed by atoms with Crippen LogP contribution in [0.1, 0.15) is 10.8 Å². The predicted octanol–water partition coefficient (Wildman–Crippen LogP) is 3.31. The summed E-state index contributed by atoms with van der Waals surface area (Å²) >= 11 is 1.74. The van der Waals surface area contributed by atoms with E-state index in [1.807, 2.05) is 24.3 Å². The first-order chi connectivity index (χ1) is 11.5. The summed E-state index contributed by atoms with van der Waals surface area (Å²) in [5.74, 6) is 1.05. The number of nitrogens with zero attached hydrogens (tertiary/aromatic N) is 1. The van der Waals surface area contributed by atoms with Gasteiger partial charge in [0, 0.05) is 24.1 Å². The molecule has 0 bridgehead atoms. The van der Waals surface area contributed by atoms with Gasteiger partial charge in [-0.1, -0.05) is 12.1 Å². The molecule has 1 fully saturated rings. The zero-order valence-electron chi connectivity index (χ0n) is 13.2. The number of methoxy groups -OCH3 is 1. The van der Waals surface area contributed by atoms with Crippen LogP contribution >= 0.6 is 11.8 Å². The highest BCUT2D eigenvalue weighted by atomic mass is 32.2. The molecule has 4 nitrogen and oxygen atoms in total. The minimum absolute atomic E-state index is 0.0693. The first-order valence-electron chi connectivity index (χ1n) is 7.52. The SMILES string of the molecule is COc1ccc(C2CN(S(=O)(=O)c3ccc(F)cc3)CCS2)cc1. The Morgan fingerprint density at radius 3 is 2.42 bits per heavy atom. The molecule has 1 aliphatic heterocycles. The largest absolute Gasteiger partial charge is 0.497 e. The second-order valence-electron chi connectivity index (χ2n) is 5.45. The molecular formula is C17H18FNO3S2. The van der Waals surface area contributed by atoms with Crippen molar-refractivity contribution in [1.82, 2.24) is 4.31 Å². The van der Waals surface area contributed by atoms with Gasteiger partial charge < -0.3 is 4.74 Å². The number of rotatable bonds is 4. The average Bonchev–Trinajstić information content (AvgIpc) is 2.62. The molecular weight excluding hydrogens is 349 g/mol. The Kier molecular flexibility index (Phi) is 5.12. The highest BCUT2D eigenvalue weighted by molar-refractivity contribution is 7.99. The van der Waals surface area contributed by atoms with E-state index in [-0.39, 0.29) is 10.1 Å². The summed E-state index contributed by atoms with van der Waals surface area (Å²) in [6.07, 6.45) is 0. The molecule has 24 heavy (non-hydrogen) atoms. The Labute approximate surface area is 145 Å². The van der Waals surface area contributed by atoms with Crippen LogP contribution in [0.4, 0.5) is 4.39 Å². The van der Waals surface area contributed by atoms with Crippen LogP contribution in [-0.4, -0.2) is 38.7 Å². The van der Waals surface area contributed by atoms with Crippen LogP contribution in [0, 0.1) is 5.82 Å². The lowest BCUT2D eigenvalue weighted by atomic mass is 10.1. The van der Waals surface area contributed by atoms with Crippen molar-refractivity contribution in [2.45, 2.75) is 10.1 Å². The molecule has 0 amide bonds. The molecule has 0 saturated carbocycles. The Morgan fingerprint density at radius 1 is 1.12 bits per heavy atom. The first-order valence-corrected chi connectivity index (χ1v) is 10.0. The standard InChI is InChI=1S/C17H18FNO3S2/c1-22-15-6-2-13(3-7-15)17-12-19(10-11-23-17)24(20,21)16-8-4-14(18)5-9-16/h2-9,17H,10-12H2,1H3. The second kappa shape index (κ2) is 7.13. The van der Waals surface area contributed by atoms with Gasteiger partial charge in [0.05, 0.1) is 12.0 Å². The van der Waals surface area contributed by atoms with Crippen molar-refractivity contribution in [3.05, 3.63) is 59.9 Å². The molecule has 1 saturated heterocycles. The summed E-state index contributed by atoms with van der Waals surface area (Å²) in [5, 5.41) is 0.0693. The summed E-state index contributed by atoms with van der Waals surface area (Å²) in [6, 6.07) is 12.7. The van der Waals surface area contributed by atoms with Crippen LogP contribution in [0.25, 0.3) is 0 Å². The third-order valence-corrected chi connectivity index (χ3v) is 7.09. The molecule has 0 aromatic heterocycles. The molecule has 1 unspecified atom stereocenters. The van der Waals surface area contributed by atoms with Crippen LogP contribution in [0.3, 0.4) is 0 Å². The summed E-state index contributed by atoms with van der Waals surface area (Å²) < 4.78 is 45.2. The van der Waals surface area contributed by atoms with Crippen LogP contribution in [0.2, 0.25) is 0 Å². The molecule has 2 aromatic carbocycles. The topological polar surface area (TPSA) is 46.6 Å². The van der Waals surface area contributed by atoms with Crippen molar-refractivity contribution < 1.29 is 17.5 Å². The van der Waals surface area contributed by atoms with E-state index in [1.165, 1.54) is 28.6 Å². The summed E-state index contributed by atoms with van der Waals surface area (Å²) in [6.45, 7) is 0.855. The van der Waals surface area contributed by atoms with Gasteiger partial charge in [-0.3, -0.25) is 0 Å². The van der Waals surface area contributed by atoms with E-state index in [0.29, 0.717) is 13.1 Å². The van der Waals surface area contributed by atoms with Crippen LogP contribution in [0.5, 0.6) is 5.75 Å². The van der Waals surface area contributed by atoms with Crippen molar-refractivity contribution in [1.29, 1.82) is 0 Å². The minimum Gasteiger partial charge on any atom is -0.497 e. The highest BCUT2D eigenvalue weighted by Crippen LogP contribution is 2.35. The summed E-state index contributed by atoms with van der Waals surface area (Å²) in [5.41, 5.74) is 1.07. The third-order valence-electron chi connectivity index (χ3n) is 3.97. The van der Waals surface area contributed by atoms with Crippen LogP contribution in [-0.2, 0) is 10.0 Å². The number of benzene rings is 2. The molecule has 0 N–H and O–H groups in total. The van der Waals surface area contributed by atoms with E-state index < -0.39 is 15.8 Å². The predicted molar refractivity (Wildman–Crippen MR) is 93.4 cm³/mol. The fourth-order valence-electron chi connectivity index (χ4n) is 2.62. The molecule has 128 valence electrons. The third kappa shape index (κ3) is 3.58. The molecule has 0 radical (unpaired) electrons. The van der Waals surface area contributed by atoms with Crippen molar-refractivity contribution in [3.8, 4) is 5.75 Å². The average molecular weight is 367 g/mol. The maximum atomic E-state index is 13.0. The van der Waals surface area contributed by atoms with Gasteiger partial charge in [0.2, 0.25) is 10.0 Å². The van der Waals surface area contributed by atoms with Gasteiger partial charge >= 0.3 is 0 Å². The fraction of sp³-hybridized carbons (Fsp3) is 0.294. The number of halogens is 1.